The third-order valence-corrected chi connectivity index (χ3v) is 4.34. The van der Waals surface area contributed by atoms with E-state index in [-0.39, 0.29) is 0 Å². The molecule has 0 aliphatic rings. The molecule has 0 amide bonds. The average Bonchev–Trinajstić information content (AvgIpc) is 2.35. The van der Waals surface area contributed by atoms with Crippen LogP contribution in [0.2, 0.25) is 5.02 Å². The number of nitrogen functional groups attached to an aromatic ring is 1. The quantitative estimate of drug-likeness (QED) is 0.874. The number of aryl methyl sites for hydroxylation is 1. The van der Waals surface area contributed by atoms with Gasteiger partial charge < -0.3 is 5.73 Å². The normalized spacial score (nSPS) is 12.3. The summed E-state index contributed by atoms with van der Waals surface area (Å²) in [5.41, 5.74) is 8.43. The fraction of sp³-hybridized carbons (Fsp3) is 0.143. The standard InChI is InChI=1S/C14H14ClNOS/c1-10-8-13(6-7-14(10)16)18(17)9-11-2-4-12(15)5-3-11/h2-8H,9,16H2,1H3. The molecule has 0 spiro atoms. The molecule has 0 heterocycles. The Hall–Kier alpha value is -1.32. The predicted octanol–water partition coefficient (Wildman–Crippen LogP) is 3.54. The van der Waals surface area contributed by atoms with Crippen molar-refractivity contribution in [3.05, 3.63) is 58.6 Å². The average molecular weight is 280 g/mol. The van der Waals surface area contributed by atoms with E-state index in [0.29, 0.717) is 10.8 Å². The minimum Gasteiger partial charge on any atom is -0.399 e. The predicted molar refractivity (Wildman–Crippen MR) is 77.2 cm³/mol. The first kappa shape index (κ1) is 13.1. The van der Waals surface area contributed by atoms with Gasteiger partial charge in [-0.3, -0.25) is 4.21 Å². The lowest BCUT2D eigenvalue weighted by Gasteiger charge is -2.05. The number of hydrogen-bond acceptors (Lipinski definition) is 2. The van der Waals surface area contributed by atoms with Gasteiger partial charge in [0.25, 0.3) is 0 Å². The molecule has 0 saturated carbocycles. The molecular formula is C14H14ClNOS. The molecule has 0 aliphatic heterocycles. The molecule has 0 aliphatic carbocycles. The van der Waals surface area contributed by atoms with E-state index in [1.807, 2.05) is 43.3 Å². The van der Waals surface area contributed by atoms with Gasteiger partial charge in [0.2, 0.25) is 0 Å². The Bertz CT molecular complexity index is 581. The Morgan fingerprint density at radius 3 is 2.44 bits per heavy atom. The summed E-state index contributed by atoms with van der Waals surface area (Å²) in [4.78, 5) is 0.802. The van der Waals surface area contributed by atoms with Crippen LogP contribution in [-0.4, -0.2) is 4.21 Å². The second-order valence-corrected chi connectivity index (χ2v) is 6.02. The van der Waals surface area contributed by atoms with Crippen molar-refractivity contribution in [1.29, 1.82) is 0 Å². The van der Waals surface area contributed by atoms with Crippen molar-refractivity contribution < 1.29 is 4.21 Å². The summed E-state index contributed by atoms with van der Waals surface area (Å²) in [6.45, 7) is 1.92. The maximum absolute atomic E-state index is 12.2. The molecule has 0 fully saturated rings. The van der Waals surface area contributed by atoms with Gasteiger partial charge in [0.1, 0.15) is 0 Å². The Balaban J connectivity index is 2.16. The zero-order valence-corrected chi connectivity index (χ0v) is 11.6. The number of hydrogen-bond donors (Lipinski definition) is 1. The van der Waals surface area contributed by atoms with Gasteiger partial charge in [-0.05, 0) is 48.4 Å². The molecule has 4 heteroatoms. The van der Waals surface area contributed by atoms with E-state index < -0.39 is 10.8 Å². The van der Waals surface area contributed by atoms with E-state index in [1.165, 1.54) is 0 Å². The number of halogens is 1. The Labute approximate surface area is 114 Å². The smallest absolute Gasteiger partial charge is 0.0574 e. The highest BCUT2D eigenvalue weighted by molar-refractivity contribution is 7.84. The van der Waals surface area contributed by atoms with Gasteiger partial charge in [0, 0.05) is 15.6 Å². The maximum atomic E-state index is 12.2. The first-order valence-electron chi connectivity index (χ1n) is 5.55. The summed E-state index contributed by atoms with van der Waals surface area (Å²) < 4.78 is 12.2. The lowest BCUT2D eigenvalue weighted by atomic mass is 10.2. The fourth-order valence-corrected chi connectivity index (χ4v) is 2.92. The van der Waals surface area contributed by atoms with Crippen molar-refractivity contribution in [2.75, 3.05) is 5.73 Å². The Morgan fingerprint density at radius 2 is 1.83 bits per heavy atom. The van der Waals surface area contributed by atoms with Crippen LogP contribution < -0.4 is 5.73 Å². The number of rotatable bonds is 3. The summed E-state index contributed by atoms with van der Waals surface area (Å²) in [6, 6.07) is 12.9. The minimum absolute atomic E-state index is 0.487. The maximum Gasteiger partial charge on any atom is 0.0574 e. The molecule has 94 valence electrons. The van der Waals surface area contributed by atoms with Crippen LogP contribution in [0.25, 0.3) is 0 Å². The molecule has 2 aromatic rings. The summed E-state index contributed by atoms with van der Waals surface area (Å²) in [6.07, 6.45) is 0. The third-order valence-electron chi connectivity index (χ3n) is 2.72. The number of nitrogens with two attached hydrogens (primary N) is 1. The molecule has 0 bridgehead atoms. The lowest BCUT2D eigenvalue weighted by Crippen LogP contribution is -1.98. The monoisotopic (exact) mass is 279 g/mol. The second kappa shape index (κ2) is 5.55. The minimum atomic E-state index is -1.06. The molecule has 2 aromatic carbocycles. The van der Waals surface area contributed by atoms with Gasteiger partial charge >= 0.3 is 0 Å². The third kappa shape index (κ3) is 3.12. The van der Waals surface area contributed by atoms with Crippen molar-refractivity contribution in [3.8, 4) is 0 Å². The summed E-state index contributed by atoms with van der Waals surface area (Å²) in [5, 5.41) is 0.688. The topological polar surface area (TPSA) is 43.1 Å². The van der Waals surface area contributed by atoms with Crippen molar-refractivity contribution in [2.24, 2.45) is 0 Å². The van der Waals surface area contributed by atoms with Crippen LogP contribution >= 0.6 is 11.6 Å². The van der Waals surface area contributed by atoms with Gasteiger partial charge in [0.05, 0.1) is 16.6 Å². The number of anilines is 1. The van der Waals surface area contributed by atoms with E-state index in [2.05, 4.69) is 0 Å². The highest BCUT2D eigenvalue weighted by atomic mass is 35.5. The molecule has 1 unspecified atom stereocenters. The van der Waals surface area contributed by atoms with Gasteiger partial charge in [-0.2, -0.15) is 0 Å². The van der Waals surface area contributed by atoms with E-state index in [1.54, 1.807) is 6.07 Å². The van der Waals surface area contributed by atoms with Crippen LogP contribution in [0.3, 0.4) is 0 Å². The molecule has 2 rings (SSSR count). The highest BCUT2D eigenvalue weighted by Crippen LogP contribution is 2.19. The molecule has 1 atom stereocenters. The summed E-state index contributed by atoms with van der Waals surface area (Å²) in [5.74, 6) is 0.487. The Kier molecular flexibility index (Phi) is 4.04. The number of benzene rings is 2. The van der Waals surface area contributed by atoms with Gasteiger partial charge in [-0.15, -0.1) is 0 Å². The first-order valence-corrected chi connectivity index (χ1v) is 7.25. The van der Waals surface area contributed by atoms with Gasteiger partial charge in [-0.1, -0.05) is 23.7 Å². The van der Waals surface area contributed by atoms with Crippen LogP contribution in [-0.2, 0) is 16.6 Å². The van der Waals surface area contributed by atoms with Crippen LogP contribution in [0.5, 0.6) is 0 Å². The molecule has 0 radical (unpaired) electrons. The summed E-state index contributed by atoms with van der Waals surface area (Å²) >= 11 is 5.81. The molecule has 18 heavy (non-hydrogen) atoms. The molecule has 2 nitrogen and oxygen atoms in total. The molecular weight excluding hydrogens is 266 g/mol. The van der Waals surface area contributed by atoms with Crippen LogP contribution in [0.15, 0.2) is 47.4 Å². The first-order chi connectivity index (χ1) is 8.56. The largest absolute Gasteiger partial charge is 0.399 e. The van der Waals surface area contributed by atoms with Gasteiger partial charge in [-0.25, -0.2) is 0 Å². The molecule has 0 aromatic heterocycles. The van der Waals surface area contributed by atoms with E-state index >= 15 is 0 Å². The fourth-order valence-electron chi connectivity index (χ4n) is 1.61. The van der Waals surface area contributed by atoms with E-state index in [4.69, 9.17) is 17.3 Å². The van der Waals surface area contributed by atoms with Crippen molar-refractivity contribution in [2.45, 2.75) is 17.6 Å². The second-order valence-electron chi connectivity index (χ2n) is 4.13. The zero-order chi connectivity index (χ0) is 13.1. The van der Waals surface area contributed by atoms with Crippen molar-refractivity contribution in [1.82, 2.24) is 0 Å². The van der Waals surface area contributed by atoms with Gasteiger partial charge in [0.15, 0.2) is 0 Å². The lowest BCUT2D eigenvalue weighted by molar-refractivity contribution is 0.682. The van der Waals surface area contributed by atoms with E-state index in [9.17, 15) is 4.21 Å². The van der Waals surface area contributed by atoms with Crippen LogP contribution in [0, 0.1) is 6.92 Å². The van der Waals surface area contributed by atoms with Crippen LogP contribution in [0.4, 0.5) is 5.69 Å². The molecule has 2 N–H and O–H groups in total. The van der Waals surface area contributed by atoms with Crippen molar-refractivity contribution in [3.63, 3.8) is 0 Å². The highest BCUT2D eigenvalue weighted by Gasteiger charge is 2.06. The van der Waals surface area contributed by atoms with Crippen molar-refractivity contribution >= 4 is 28.1 Å². The van der Waals surface area contributed by atoms with Crippen LogP contribution in [0.1, 0.15) is 11.1 Å². The Morgan fingerprint density at radius 1 is 1.17 bits per heavy atom. The van der Waals surface area contributed by atoms with E-state index in [0.717, 1.165) is 21.7 Å². The molecule has 0 saturated heterocycles. The zero-order valence-electron chi connectivity index (χ0n) is 10.0. The SMILES string of the molecule is Cc1cc(S(=O)Cc2ccc(Cl)cc2)ccc1N. The summed E-state index contributed by atoms with van der Waals surface area (Å²) in [7, 11) is -1.06.